The Kier molecular flexibility index (Phi) is 2.85. The van der Waals surface area contributed by atoms with Crippen LogP contribution in [0.15, 0.2) is 5.38 Å². The Bertz CT molecular complexity index is 494. The van der Waals surface area contributed by atoms with Crippen LogP contribution in [0.4, 0.5) is 4.79 Å². The van der Waals surface area contributed by atoms with Crippen molar-refractivity contribution in [3.05, 3.63) is 16.1 Å². The Morgan fingerprint density at radius 3 is 2.53 bits per heavy atom. The van der Waals surface area contributed by atoms with E-state index in [-0.39, 0.29) is 6.09 Å². The zero-order chi connectivity index (χ0) is 13.8. The molecule has 3 rings (SSSR count). The van der Waals surface area contributed by atoms with Gasteiger partial charge in [0.05, 0.1) is 5.01 Å². The maximum Gasteiger partial charge on any atom is 0.410 e. The number of likely N-dealkylation sites (tertiary alicyclic amines) is 1. The van der Waals surface area contributed by atoms with Crippen LogP contribution in [0.5, 0.6) is 0 Å². The van der Waals surface area contributed by atoms with Crippen LogP contribution in [0.3, 0.4) is 0 Å². The second-order valence-electron chi connectivity index (χ2n) is 6.57. The largest absolute Gasteiger partial charge is 0.444 e. The van der Waals surface area contributed by atoms with E-state index in [1.807, 2.05) is 32.6 Å². The lowest BCUT2D eigenvalue weighted by Gasteiger charge is -2.25. The van der Waals surface area contributed by atoms with E-state index in [0.717, 1.165) is 18.8 Å². The molecular formula is C14H20N2O2S. The molecular weight excluding hydrogens is 260 g/mol. The summed E-state index contributed by atoms with van der Waals surface area (Å²) in [5.74, 6) is 1.77. The van der Waals surface area contributed by atoms with Crippen molar-refractivity contribution in [2.45, 2.75) is 39.2 Å². The molecule has 5 heteroatoms. The average Bonchev–Trinajstić information content (AvgIpc) is 2.67. The minimum absolute atomic E-state index is 0.172. The molecule has 0 aromatic carbocycles. The van der Waals surface area contributed by atoms with E-state index >= 15 is 0 Å². The second-order valence-corrected chi connectivity index (χ2v) is 7.46. The molecule has 2 aliphatic rings. The Morgan fingerprint density at radius 2 is 2.05 bits per heavy atom. The highest BCUT2D eigenvalue weighted by Crippen LogP contribution is 2.58. The molecule has 1 aromatic rings. The van der Waals surface area contributed by atoms with E-state index in [2.05, 4.69) is 10.4 Å². The van der Waals surface area contributed by atoms with E-state index in [9.17, 15) is 4.79 Å². The predicted octanol–water partition coefficient (Wildman–Crippen LogP) is 3.03. The molecule has 1 aliphatic carbocycles. The Morgan fingerprint density at radius 1 is 1.42 bits per heavy atom. The number of hydrogen-bond donors (Lipinski definition) is 0. The second kappa shape index (κ2) is 4.20. The molecule has 0 radical (unpaired) electrons. The van der Waals surface area contributed by atoms with Crippen molar-refractivity contribution in [1.29, 1.82) is 0 Å². The van der Waals surface area contributed by atoms with Crippen molar-refractivity contribution in [2.75, 3.05) is 13.1 Å². The summed E-state index contributed by atoms with van der Waals surface area (Å²) in [6.45, 7) is 9.39. The minimum atomic E-state index is -0.407. The molecule has 0 unspecified atom stereocenters. The fraction of sp³-hybridized carbons (Fsp3) is 0.714. The molecule has 2 fully saturated rings. The third-order valence-electron chi connectivity index (χ3n) is 3.77. The summed E-state index contributed by atoms with van der Waals surface area (Å²) in [4.78, 5) is 18.4. The molecule has 0 N–H and O–H groups in total. The normalized spacial score (nSPS) is 29.3. The number of ether oxygens (including phenoxy) is 1. The maximum atomic E-state index is 12.0. The van der Waals surface area contributed by atoms with Crippen molar-refractivity contribution >= 4 is 17.4 Å². The van der Waals surface area contributed by atoms with Crippen molar-refractivity contribution in [1.82, 2.24) is 9.88 Å². The number of piperidine rings is 1. The molecule has 1 saturated heterocycles. The number of carbonyl (C=O) groups is 1. The van der Waals surface area contributed by atoms with Gasteiger partial charge < -0.3 is 9.64 Å². The standard InChI is InChI=1S/C14H20N2O2S/c1-8-7-19-12(15-8)11-9-5-16(6-10(9)11)13(17)18-14(2,3)4/h7,9-11H,5-6H2,1-4H3/t9-,10+,11+. The van der Waals surface area contributed by atoms with Gasteiger partial charge in [-0.05, 0) is 39.5 Å². The zero-order valence-electron chi connectivity index (χ0n) is 11.8. The van der Waals surface area contributed by atoms with E-state index in [1.54, 1.807) is 11.3 Å². The fourth-order valence-corrected chi connectivity index (χ4v) is 3.94. The molecule has 4 nitrogen and oxygen atoms in total. The number of hydrogen-bond acceptors (Lipinski definition) is 4. The van der Waals surface area contributed by atoms with Gasteiger partial charge in [-0.3, -0.25) is 0 Å². The van der Waals surface area contributed by atoms with Crippen LogP contribution in [-0.4, -0.2) is 34.7 Å². The van der Waals surface area contributed by atoms with E-state index in [4.69, 9.17) is 4.74 Å². The molecule has 1 saturated carbocycles. The first kappa shape index (κ1) is 12.9. The van der Waals surface area contributed by atoms with Gasteiger partial charge in [-0.15, -0.1) is 11.3 Å². The number of fused-ring (bicyclic) bond motifs is 1. The van der Waals surface area contributed by atoms with E-state index < -0.39 is 5.60 Å². The summed E-state index contributed by atoms with van der Waals surface area (Å²) in [5.41, 5.74) is 0.698. The van der Waals surface area contributed by atoms with Gasteiger partial charge in [-0.2, -0.15) is 0 Å². The van der Waals surface area contributed by atoms with Gasteiger partial charge in [-0.25, -0.2) is 9.78 Å². The number of amides is 1. The first-order chi connectivity index (χ1) is 8.85. The third kappa shape index (κ3) is 2.48. The van der Waals surface area contributed by atoms with Crippen LogP contribution in [0.25, 0.3) is 0 Å². The predicted molar refractivity (Wildman–Crippen MR) is 74.4 cm³/mol. The topological polar surface area (TPSA) is 42.4 Å². The van der Waals surface area contributed by atoms with Gasteiger partial charge in [0.15, 0.2) is 0 Å². The molecule has 1 aliphatic heterocycles. The number of aryl methyl sites for hydroxylation is 1. The number of aromatic nitrogens is 1. The van der Waals surface area contributed by atoms with Gasteiger partial charge in [0, 0.05) is 30.1 Å². The summed E-state index contributed by atoms with van der Waals surface area (Å²) >= 11 is 1.75. The number of nitrogens with zero attached hydrogens (tertiary/aromatic N) is 2. The van der Waals surface area contributed by atoms with Crippen LogP contribution in [0.2, 0.25) is 0 Å². The van der Waals surface area contributed by atoms with Crippen LogP contribution in [0.1, 0.15) is 37.4 Å². The highest BCUT2D eigenvalue weighted by molar-refractivity contribution is 7.09. The highest BCUT2D eigenvalue weighted by Gasteiger charge is 2.58. The van der Waals surface area contributed by atoms with Crippen LogP contribution in [0, 0.1) is 18.8 Å². The Balaban J connectivity index is 1.57. The molecule has 3 atom stereocenters. The summed E-state index contributed by atoms with van der Waals surface area (Å²) in [6, 6.07) is 0. The Hall–Kier alpha value is -1.10. The summed E-state index contributed by atoms with van der Waals surface area (Å²) in [7, 11) is 0. The van der Waals surface area contributed by atoms with Crippen molar-refractivity contribution in [3.8, 4) is 0 Å². The number of rotatable bonds is 1. The third-order valence-corrected chi connectivity index (χ3v) is 4.83. The number of carbonyl (C=O) groups excluding carboxylic acids is 1. The van der Waals surface area contributed by atoms with Gasteiger partial charge in [0.25, 0.3) is 0 Å². The molecule has 104 valence electrons. The minimum Gasteiger partial charge on any atom is -0.444 e. The van der Waals surface area contributed by atoms with E-state index in [0.29, 0.717) is 17.8 Å². The summed E-state index contributed by atoms with van der Waals surface area (Å²) in [6.07, 6.45) is -0.172. The summed E-state index contributed by atoms with van der Waals surface area (Å²) in [5, 5.41) is 3.35. The average molecular weight is 280 g/mol. The van der Waals surface area contributed by atoms with Gasteiger partial charge in [0.1, 0.15) is 5.60 Å². The smallest absolute Gasteiger partial charge is 0.410 e. The van der Waals surface area contributed by atoms with Gasteiger partial charge >= 0.3 is 6.09 Å². The van der Waals surface area contributed by atoms with Crippen LogP contribution >= 0.6 is 11.3 Å². The zero-order valence-corrected chi connectivity index (χ0v) is 12.7. The maximum absolute atomic E-state index is 12.0. The van der Waals surface area contributed by atoms with Crippen LogP contribution < -0.4 is 0 Å². The highest BCUT2D eigenvalue weighted by atomic mass is 32.1. The van der Waals surface area contributed by atoms with Crippen molar-refractivity contribution < 1.29 is 9.53 Å². The lowest BCUT2D eigenvalue weighted by atomic mass is 10.2. The lowest BCUT2D eigenvalue weighted by molar-refractivity contribution is 0.0271. The molecule has 2 heterocycles. The van der Waals surface area contributed by atoms with Crippen molar-refractivity contribution in [2.24, 2.45) is 11.8 Å². The van der Waals surface area contributed by atoms with Gasteiger partial charge in [-0.1, -0.05) is 0 Å². The van der Waals surface area contributed by atoms with Crippen molar-refractivity contribution in [3.63, 3.8) is 0 Å². The first-order valence-corrected chi connectivity index (χ1v) is 7.63. The molecule has 1 aromatic heterocycles. The quantitative estimate of drug-likeness (QED) is 0.794. The number of thiazole rings is 1. The first-order valence-electron chi connectivity index (χ1n) is 6.75. The van der Waals surface area contributed by atoms with Crippen LogP contribution in [-0.2, 0) is 4.74 Å². The lowest BCUT2D eigenvalue weighted by Crippen LogP contribution is -2.36. The van der Waals surface area contributed by atoms with Gasteiger partial charge in [0.2, 0.25) is 0 Å². The molecule has 0 spiro atoms. The SMILES string of the molecule is Cc1csc([C@H]2[C@@H]3CN(C(=O)OC(C)(C)C)C[C@@H]32)n1. The molecule has 1 amide bonds. The molecule has 0 bridgehead atoms. The monoisotopic (exact) mass is 280 g/mol. The van der Waals surface area contributed by atoms with E-state index in [1.165, 1.54) is 5.01 Å². The Labute approximate surface area is 117 Å². The summed E-state index contributed by atoms with van der Waals surface area (Å²) < 4.78 is 5.41. The fourth-order valence-electron chi connectivity index (χ4n) is 2.89. The molecule has 19 heavy (non-hydrogen) atoms.